The first-order chi connectivity index (χ1) is 11.6. The smallest absolute Gasteiger partial charge is 0.306 e. The standard InChI is InChI=1S/C19H18N2O3/c1-14(19(23)21-17-10-6-5-9-16(17)13-20)24-18(22)12-11-15-7-3-2-4-8-15/h2-10,14H,11-12H2,1H3,(H,21,23)/t14-/m0/s1. The fourth-order valence-electron chi connectivity index (χ4n) is 2.12. The van der Waals surface area contributed by atoms with Crippen LogP contribution in [0.5, 0.6) is 0 Å². The lowest BCUT2D eigenvalue weighted by molar-refractivity contribution is -0.153. The topological polar surface area (TPSA) is 79.2 Å². The van der Waals surface area contributed by atoms with Crippen molar-refractivity contribution in [3.63, 3.8) is 0 Å². The van der Waals surface area contributed by atoms with Crippen LogP contribution in [0.3, 0.4) is 0 Å². The number of nitrogens with zero attached hydrogens (tertiary/aromatic N) is 1. The van der Waals surface area contributed by atoms with Gasteiger partial charge in [0.1, 0.15) is 6.07 Å². The number of carbonyl (C=O) groups excluding carboxylic acids is 2. The average Bonchev–Trinajstić information content (AvgIpc) is 2.61. The number of hydrogen-bond acceptors (Lipinski definition) is 4. The molecular formula is C19H18N2O3. The predicted octanol–water partition coefficient (Wildman–Crippen LogP) is 3.06. The van der Waals surface area contributed by atoms with Gasteiger partial charge in [-0.25, -0.2) is 0 Å². The van der Waals surface area contributed by atoms with Crippen LogP contribution in [0, 0.1) is 11.3 Å². The second-order valence-electron chi connectivity index (χ2n) is 5.26. The van der Waals surface area contributed by atoms with Crippen LogP contribution in [0.2, 0.25) is 0 Å². The molecule has 2 aromatic rings. The predicted molar refractivity (Wildman–Crippen MR) is 90.1 cm³/mol. The molecule has 0 aliphatic heterocycles. The molecule has 0 saturated carbocycles. The van der Waals surface area contributed by atoms with Crippen molar-refractivity contribution in [1.29, 1.82) is 5.26 Å². The molecule has 0 aliphatic carbocycles. The first kappa shape index (κ1) is 17.2. The SMILES string of the molecule is C[C@H](OC(=O)CCc1ccccc1)C(=O)Nc1ccccc1C#N. The Morgan fingerprint density at radius 3 is 2.50 bits per heavy atom. The molecule has 5 heteroatoms. The van der Waals surface area contributed by atoms with Gasteiger partial charge in [0.05, 0.1) is 11.3 Å². The molecule has 2 aromatic carbocycles. The van der Waals surface area contributed by atoms with Gasteiger partial charge in [-0.15, -0.1) is 0 Å². The van der Waals surface area contributed by atoms with Crippen LogP contribution in [0.25, 0.3) is 0 Å². The van der Waals surface area contributed by atoms with E-state index in [0.717, 1.165) is 5.56 Å². The van der Waals surface area contributed by atoms with Crippen LogP contribution >= 0.6 is 0 Å². The van der Waals surface area contributed by atoms with Gasteiger partial charge in [0.2, 0.25) is 0 Å². The van der Waals surface area contributed by atoms with Gasteiger partial charge in [-0.1, -0.05) is 42.5 Å². The van der Waals surface area contributed by atoms with Gasteiger partial charge in [-0.2, -0.15) is 5.26 Å². The minimum absolute atomic E-state index is 0.205. The first-order valence-corrected chi connectivity index (χ1v) is 7.63. The highest BCUT2D eigenvalue weighted by Gasteiger charge is 2.18. The van der Waals surface area contributed by atoms with E-state index < -0.39 is 18.0 Å². The van der Waals surface area contributed by atoms with E-state index in [0.29, 0.717) is 17.7 Å². The van der Waals surface area contributed by atoms with E-state index >= 15 is 0 Å². The third-order valence-corrected chi connectivity index (χ3v) is 3.44. The number of esters is 1. The molecule has 0 fully saturated rings. The summed E-state index contributed by atoms with van der Waals surface area (Å²) >= 11 is 0. The molecule has 0 heterocycles. The van der Waals surface area contributed by atoms with E-state index in [1.54, 1.807) is 24.3 Å². The van der Waals surface area contributed by atoms with Crippen molar-refractivity contribution < 1.29 is 14.3 Å². The molecule has 122 valence electrons. The Balaban J connectivity index is 1.85. The number of hydrogen-bond donors (Lipinski definition) is 1. The molecular weight excluding hydrogens is 304 g/mol. The Labute approximate surface area is 140 Å². The van der Waals surface area contributed by atoms with Gasteiger partial charge in [-0.05, 0) is 31.0 Å². The van der Waals surface area contributed by atoms with Crippen molar-refractivity contribution in [1.82, 2.24) is 0 Å². The van der Waals surface area contributed by atoms with E-state index in [-0.39, 0.29) is 6.42 Å². The lowest BCUT2D eigenvalue weighted by Crippen LogP contribution is -2.30. The maximum atomic E-state index is 12.1. The maximum Gasteiger partial charge on any atom is 0.306 e. The number of carbonyl (C=O) groups is 2. The number of ether oxygens (including phenoxy) is 1. The van der Waals surface area contributed by atoms with Crippen LogP contribution in [-0.4, -0.2) is 18.0 Å². The van der Waals surface area contributed by atoms with Gasteiger partial charge in [-0.3, -0.25) is 9.59 Å². The quantitative estimate of drug-likeness (QED) is 0.829. The van der Waals surface area contributed by atoms with Gasteiger partial charge in [0.25, 0.3) is 5.91 Å². The number of rotatable bonds is 6. The van der Waals surface area contributed by atoms with E-state index in [2.05, 4.69) is 5.32 Å². The number of para-hydroxylation sites is 1. The molecule has 0 saturated heterocycles. The number of anilines is 1. The van der Waals surface area contributed by atoms with Crippen molar-refractivity contribution in [3.05, 3.63) is 65.7 Å². The third kappa shape index (κ3) is 4.96. The van der Waals surface area contributed by atoms with Gasteiger partial charge >= 0.3 is 5.97 Å². The molecule has 1 amide bonds. The van der Waals surface area contributed by atoms with Crippen molar-refractivity contribution in [2.24, 2.45) is 0 Å². The zero-order valence-corrected chi connectivity index (χ0v) is 13.4. The lowest BCUT2D eigenvalue weighted by atomic mass is 10.1. The minimum atomic E-state index is -0.931. The molecule has 0 aliphatic rings. The van der Waals surface area contributed by atoms with E-state index in [1.807, 2.05) is 36.4 Å². The summed E-state index contributed by atoms with van der Waals surface area (Å²) in [6.45, 7) is 1.50. The zero-order chi connectivity index (χ0) is 17.4. The Kier molecular flexibility index (Phi) is 6.09. The maximum absolute atomic E-state index is 12.1. The number of nitrogens with one attached hydrogen (secondary N) is 1. The molecule has 1 N–H and O–H groups in total. The van der Waals surface area contributed by atoms with Crippen LogP contribution in [0.15, 0.2) is 54.6 Å². The van der Waals surface area contributed by atoms with Crippen molar-refractivity contribution in [2.75, 3.05) is 5.32 Å². The molecule has 0 radical (unpaired) electrons. The minimum Gasteiger partial charge on any atom is -0.453 e. The van der Waals surface area contributed by atoms with Crippen molar-refractivity contribution in [3.8, 4) is 6.07 Å². The summed E-state index contributed by atoms with van der Waals surface area (Å²) in [4.78, 5) is 23.9. The summed E-state index contributed by atoms with van der Waals surface area (Å²) in [5.74, 6) is -0.902. The van der Waals surface area contributed by atoms with Crippen molar-refractivity contribution in [2.45, 2.75) is 25.9 Å². The zero-order valence-electron chi connectivity index (χ0n) is 13.4. The third-order valence-electron chi connectivity index (χ3n) is 3.44. The number of amides is 1. The van der Waals surface area contributed by atoms with Crippen LogP contribution in [-0.2, 0) is 20.7 Å². The summed E-state index contributed by atoms with van der Waals surface area (Å²) < 4.78 is 5.15. The van der Waals surface area contributed by atoms with Gasteiger partial charge < -0.3 is 10.1 Å². The molecule has 0 bridgehead atoms. The average molecular weight is 322 g/mol. The van der Waals surface area contributed by atoms with E-state index in [9.17, 15) is 9.59 Å². The fourth-order valence-corrected chi connectivity index (χ4v) is 2.12. The molecule has 2 rings (SSSR count). The summed E-state index contributed by atoms with van der Waals surface area (Å²) in [6.07, 6.45) is -0.165. The molecule has 0 spiro atoms. The Hall–Kier alpha value is -3.13. The Morgan fingerprint density at radius 2 is 1.79 bits per heavy atom. The van der Waals surface area contributed by atoms with Crippen LogP contribution in [0.4, 0.5) is 5.69 Å². The van der Waals surface area contributed by atoms with Gasteiger partial charge in [0.15, 0.2) is 6.10 Å². The second kappa shape index (κ2) is 8.49. The summed E-state index contributed by atoms with van der Waals surface area (Å²) in [6, 6.07) is 18.2. The highest BCUT2D eigenvalue weighted by Crippen LogP contribution is 2.14. The van der Waals surface area contributed by atoms with Gasteiger partial charge in [0, 0.05) is 6.42 Å². The summed E-state index contributed by atoms with van der Waals surface area (Å²) in [5.41, 5.74) is 1.79. The Bertz CT molecular complexity index is 751. The molecule has 1 atom stereocenters. The lowest BCUT2D eigenvalue weighted by Gasteiger charge is -2.14. The van der Waals surface area contributed by atoms with E-state index in [1.165, 1.54) is 6.92 Å². The summed E-state index contributed by atoms with van der Waals surface area (Å²) in [5, 5.41) is 11.6. The summed E-state index contributed by atoms with van der Waals surface area (Å²) in [7, 11) is 0. The first-order valence-electron chi connectivity index (χ1n) is 7.63. The van der Waals surface area contributed by atoms with Crippen LogP contribution < -0.4 is 5.32 Å². The fraction of sp³-hybridized carbons (Fsp3) is 0.211. The largest absolute Gasteiger partial charge is 0.453 e. The molecule has 0 unspecified atom stereocenters. The Morgan fingerprint density at radius 1 is 1.12 bits per heavy atom. The number of nitriles is 1. The number of benzene rings is 2. The number of aryl methyl sites for hydroxylation is 1. The highest BCUT2D eigenvalue weighted by molar-refractivity contribution is 5.96. The molecule has 5 nitrogen and oxygen atoms in total. The molecule has 24 heavy (non-hydrogen) atoms. The second-order valence-corrected chi connectivity index (χ2v) is 5.26. The monoisotopic (exact) mass is 322 g/mol. The van der Waals surface area contributed by atoms with Crippen LogP contribution in [0.1, 0.15) is 24.5 Å². The normalized spacial score (nSPS) is 11.2. The highest BCUT2D eigenvalue weighted by atomic mass is 16.5. The van der Waals surface area contributed by atoms with Crippen molar-refractivity contribution >= 4 is 17.6 Å². The van der Waals surface area contributed by atoms with E-state index in [4.69, 9.17) is 10.00 Å². The molecule has 0 aromatic heterocycles.